The molecule has 0 spiro atoms. The second-order valence-electron chi connectivity index (χ2n) is 5.03. The van der Waals surface area contributed by atoms with Gasteiger partial charge >= 0.3 is 5.97 Å². The van der Waals surface area contributed by atoms with Crippen LogP contribution in [0.4, 0.5) is 4.39 Å². The highest BCUT2D eigenvalue weighted by Crippen LogP contribution is 2.38. The van der Waals surface area contributed by atoms with Crippen molar-refractivity contribution in [3.05, 3.63) is 59.4 Å². The molecular weight excluding hydrogens is 327 g/mol. The Hall–Kier alpha value is -3.02. The van der Waals surface area contributed by atoms with E-state index in [1.807, 2.05) is 0 Å². The first-order valence-corrected chi connectivity index (χ1v) is 7.46. The summed E-state index contributed by atoms with van der Waals surface area (Å²) in [6, 6.07) is 9.18. The highest BCUT2D eigenvalue weighted by atomic mass is 19.1. The van der Waals surface area contributed by atoms with Crippen molar-refractivity contribution < 1.29 is 28.1 Å². The summed E-state index contributed by atoms with van der Waals surface area (Å²) in [7, 11) is 4.55. The lowest BCUT2D eigenvalue weighted by molar-refractivity contribution is -0.138. The van der Waals surface area contributed by atoms with E-state index in [2.05, 4.69) is 0 Å². The summed E-state index contributed by atoms with van der Waals surface area (Å²) >= 11 is 0. The zero-order valence-corrected chi connectivity index (χ0v) is 14.2. The van der Waals surface area contributed by atoms with Crippen LogP contribution in [0.3, 0.4) is 0 Å². The fraction of sp³-hybridized carbons (Fsp3) is 0.211. The fourth-order valence-corrected chi connectivity index (χ4v) is 2.15. The van der Waals surface area contributed by atoms with Crippen LogP contribution in [0.5, 0.6) is 17.2 Å². The third-order valence-electron chi connectivity index (χ3n) is 3.39. The largest absolute Gasteiger partial charge is 0.493 e. The normalized spacial score (nSPS) is 10.6. The summed E-state index contributed by atoms with van der Waals surface area (Å²) < 4.78 is 33.7. The summed E-state index contributed by atoms with van der Waals surface area (Å²) in [6.45, 7) is 0.0682. The molecule has 0 aromatic heterocycles. The highest BCUT2D eigenvalue weighted by Gasteiger charge is 2.12. The molecule has 2 aromatic carbocycles. The number of esters is 1. The maximum Gasteiger partial charge on any atom is 0.331 e. The summed E-state index contributed by atoms with van der Waals surface area (Å²) in [6.07, 6.45) is 2.88. The smallest absolute Gasteiger partial charge is 0.331 e. The maximum atomic E-state index is 12.8. The molecule has 2 aromatic rings. The Balaban J connectivity index is 2.05. The number of benzene rings is 2. The van der Waals surface area contributed by atoms with Crippen LogP contribution in [0.25, 0.3) is 6.08 Å². The highest BCUT2D eigenvalue weighted by molar-refractivity contribution is 5.87. The Bertz CT molecular complexity index is 728. The fourth-order valence-electron chi connectivity index (χ4n) is 2.15. The number of carbonyl (C=O) groups is 1. The van der Waals surface area contributed by atoms with Crippen molar-refractivity contribution in [1.29, 1.82) is 0 Å². The van der Waals surface area contributed by atoms with E-state index in [0.717, 1.165) is 0 Å². The maximum absolute atomic E-state index is 12.8. The van der Waals surface area contributed by atoms with Gasteiger partial charge in [0.2, 0.25) is 5.75 Å². The molecule has 0 fully saturated rings. The van der Waals surface area contributed by atoms with E-state index in [4.69, 9.17) is 18.9 Å². The van der Waals surface area contributed by atoms with Crippen LogP contribution in [0.1, 0.15) is 11.1 Å². The van der Waals surface area contributed by atoms with Crippen molar-refractivity contribution in [2.24, 2.45) is 0 Å². The number of rotatable bonds is 7. The van der Waals surface area contributed by atoms with E-state index in [9.17, 15) is 9.18 Å². The Morgan fingerprint density at radius 3 is 2.12 bits per heavy atom. The van der Waals surface area contributed by atoms with Gasteiger partial charge in [0.25, 0.3) is 0 Å². The molecule has 0 amide bonds. The van der Waals surface area contributed by atoms with E-state index < -0.39 is 5.97 Å². The molecule has 5 nitrogen and oxygen atoms in total. The van der Waals surface area contributed by atoms with Crippen molar-refractivity contribution in [3.63, 3.8) is 0 Å². The minimum Gasteiger partial charge on any atom is -0.493 e. The molecule has 0 N–H and O–H groups in total. The van der Waals surface area contributed by atoms with E-state index in [-0.39, 0.29) is 12.4 Å². The molecule has 132 valence electrons. The van der Waals surface area contributed by atoms with Gasteiger partial charge in [-0.15, -0.1) is 0 Å². The molecule has 0 radical (unpaired) electrons. The Morgan fingerprint density at radius 1 is 1.00 bits per heavy atom. The monoisotopic (exact) mass is 346 g/mol. The van der Waals surface area contributed by atoms with Gasteiger partial charge in [-0.05, 0) is 41.5 Å². The van der Waals surface area contributed by atoms with Crippen LogP contribution in [0, 0.1) is 5.82 Å². The third kappa shape index (κ3) is 4.97. The Morgan fingerprint density at radius 2 is 1.60 bits per heavy atom. The van der Waals surface area contributed by atoms with Crippen molar-refractivity contribution in [1.82, 2.24) is 0 Å². The molecule has 0 aliphatic rings. The van der Waals surface area contributed by atoms with Crippen LogP contribution in [-0.2, 0) is 16.1 Å². The number of hydrogen-bond donors (Lipinski definition) is 0. The summed E-state index contributed by atoms with van der Waals surface area (Å²) in [5.74, 6) is 0.596. The Kier molecular flexibility index (Phi) is 6.39. The molecule has 0 heterocycles. The number of hydrogen-bond acceptors (Lipinski definition) is 5. The third-order valence-corrected chi connectivity index (χ3v) is 3.39. The molecule has 0 unspecified atom stereocenters. The van der Waals surface area contributed by atoms with E-state index in [1.165, 1.54) is 39.5 Å². The quantitative estimate of drug-likeness (QED) is 0.566. The molecule has 0 bridgehead atoms. The van der Waals surface area contributed by atoms with Gasteiger partial charge in [0, 0.05) is 6.08 Å². The van der Waals surface area contributed by atoms with Crippen LogP contribution >= 0.6 is 0 Å². The molecule has 0 atom stereocenters. The van der Waals surface area contributed by atoms with Crippen molar-refractivity contribution in [2.75, 3.05) is 21.3 Å². The number of carbonyl (C=O) groups excluding carboxylic acids is 1. The number of ether oxygens (including phenoxy) is 4. The van der Waals surface area contributed by atoms with E-state index in [0.29, 0.717) is 28.4 Å². The molecular formula is C19H19FO5. The van der Waals surface area contributed by atoms with Gasteiger partial charge in [-0.25, -0.2) is 9.18 Å². The predicted molar refractivity (Wildman–Crippen MR) is 91.3 cm³/mol. The average molecular weight is 346 g/mol. The topological polar surface area (TPSA) is 54.0 Å². The lowest BCUT2D eigenvalue weighted by Gasteiger charge is -2.12. The van der Waals surface area contributed by atoms with Gasteiger partial charge in [-0.1, -0.05) is 12.1 Å². The van der Waals surface area contributed by atoms with Gasteiger partial charge in [0.05, 0.1) is 21.3 Å². The predicted octanol–water partition coefficient (Wildman–Crippen LogP) is 3.61. The average Bonchev–Trinajstić information content (AvgIpc) is 2.64. The van der Waals surface area contributed by atoms with Crippen LogP contribution in [0.2, 0.25) is 0 Å². The first-order valence-electron chi connectivity index (χ1n) is 7.46. The molecule has 0 saturated carbocycles. The standard InChI is InChI=1S/C19H19FO5/c1-22-16-10-14(11-17(23-2)19(16)24-3)6-9-18(21)25-12-13-4-7-15(20)8-5-13/h4-11H,12H2,1-3H3. The summed E-state index contributed by atoms with van der Waals surface area (Å²) in [5.41, 5.74) is 1.39. The van der Waals surface area contributed by atoms with Gasteiger partial charge < -0.3 is 18.9 Å². The number of halogens is 1. The second-order valence-corrected chi connectivity index (χ2v) is 5.03. The summed E-state index contributed by atoms with van der Waals surface area (Å²) in [4.78, 5) is 11.8. The van der Waals surface area contributed by atoms with Crippen LogP contribution in [0.15, 0.2) is 42.5 Å². The SMILES string of the molecule is COc1cc(C=CC(=O)OCc2ccc(F)cc2)cc(OC)c1OC. The second kappa shape index (κ2) is 8.73. The lowest BCUT2D eigenvalue weighted by Crippen LogP contribution is -2.01. The Labute approximate surface area is 145 Å². The zero-order valence-electron chi connectivity index (χ0n) is 14.2. The minimum atomic E-state index is -0.516. The minimum absolute atomic E-state index is 0.0682. The lowest BCUT2D eigenvalue weighted by atomic mass is 10.1. The van der Waals surface area contributed by atoms with Crippen molar-refractivity contribution >= 4 is 12.0 Å². The first kappa shape index (κ1) is 18.3. The first-order chi connectivity index (χ1) is 12.1. The molecule has 0 aliphatic heterocycles. The van der Waals surface area contributed by atoms with Gasteiger partial charge in [-0.3, -0.25) is 0 Å². The van der Waals surface area contributed by atoms with Gasteiger partial charge in [-0.2, -0.15) is 0 Å². The van der Waals surface area contributed by atoms with Crippen molar-refractivity contribution in [2.45, 2.75) is 6.61 Å². The van der Waals surface area contributed by atoms with Gasteiger partial charge in [0.15, 0.2) is 11.5 Å². The molecule has 2 rings (SSSR count). The van der Waals surface area contributed by atoms with E-state index >= 15 is 0 Å². The van der Waals surface area contributed by atoms with Gasteiger partial charge in [0.1, 0.15) is 12.4 Å². The number of methoxy groups -OCH3 is 3. The van der Waals surface area contributed by atoms with Crippen LogP contribution < -0.4 is 14.2 Å². The molecule has 0 saturated heterocycles. The molecule has 6 heteroatoms. The van der Waals surface area contributed by atoms with E-state index in [1.54, 1.807) is 30.3 Å². The summed E-state index contributed by atoms with van der Waals surface area (Å²) in [5, 5.41) is 0. The molecule has 25 heavy (non-hydrogen) atoms. The van der Waals surface area contributed by atoms with Crippen molar-refractivity contribution in [3.8, 4) is 17.2 Å². The zero-order chi connectivity index (χ0) is 18.2. The van der Waals surface area contributed by atoms with Crippen LogP contribution in [-0.4, -0.2) is 27.3 Å². The molecule has 0 aliphatic carbocycles.